The molecule has 0 saturated carbocycles. The van der Waals surface area contributed by atoms with Crippen molar-refractivity contribution < 1.29 is 33.4 Å². The summed E-state index contributed by atoms with van der Waals surface area (Å²) in [5.41, 5.74) is 4.31. The van der Waals surface area contributed by atoms with E-state index in [1.165, 1.54) is 12.2 Å². The van der Waals surface area contributed by atoms with E-state index in [-0.39, 0.29) is 33.2 Å². The molecule has 0 unspecified atom stereocenters. The van der Waals surface area contributed by atoms with Crippen molar-refractivity contribution in [1.29, 1.82) is 0 Å². The number of carbonyl (C=O) groups is 2. The van der Waals surface area contributed by atoms with Gasteiger partial charge in [0, 0.05) is 4.57 Å². The molecule has 0 radical (unpaired) electrons. The number of allylic oxidation sites excluding steroid dienone is 2. The standard InChI is InChI=1S/C38H53O7P/c1-35(2,3)29-19-25(20-30(33(29)41)36(4,5)6)15-13-17-27(39)23-44-46(43)45-24-28(40)18-14-16-26-21-31(37(7,8)9)34(42)32(22-26)38(10,11)12/h13-14,17-22H,15-16,23-24H2,1-12H3,(H-,41,42)/p+1. The van der Waals surface area contributed by atoms with Crippen molar-refractivity contribution in [3.8, 4) is 11.5 Å². The van der Waals surface area contributed by atoms with Crippen molar-refractivity contribution in [2.45, 2.75) is 118 Å². The molecule has 0 saturated heterocycles. The smallest absolute Gasteiger partial charge is 0.507 e. The monoisotopic (exact) mass is 653 g/mol. The predicted octanol–water partition coefficient (Wildman–Crippen LogP) is 9.01. The van der Waals surface area contributed by atoms with Crippen molar-refractivity contribution in [2.75, 3.05) is 13.2 Å². The van der Waals surface area contributed by atoms with E-state index in [1.807, 2.05) is 107 Å². The zero-order chi connectivity index (χ0) is 35.3. The van der Waals surface area contributed by atoms with Crippen LogP contribution in [0, 0.1) is 0 Å². The molecule has 0 aromatic heterocycles. The third-order valence-electron chi connectivity index (χ3n) is 7.51. The Hall–Kier alpha value is -3.12. The average Bonchev–Trinajstić information content (AvgIpc) is 2.89. The lowest BCUT2D eigenvalue weighted by Gasteiger charge is -2.28. The second-order valence-corrected chi connectivity index (χ2v) is 17.0. The van der Waals surface area contributed by atoms with Gasteiger partial charge in [0.2, 0.25) is 0 Å². The van der Waals surface area contributed by atoms with Crippen LogP contribution < -0.4 is 0 Å². The van der Waals surface area contributed by atoms with Crippen LogP contribution in [0.15, 0.2) is 48.6 Å². The topological polar surface area (TPSA) is 110 Å². The van der Waals surface area contributed by atoms with Crippen LogP contribution in [-0.4, -0.2) is 35.0 Å². The van der Waals surface area contributed by atoms with Crippen LogP contribution in [0.2, 0.25) is 0 Å². The van der Waals surface area contributed by atoms with Crippen molar-refractivity contribution >= 4 is 19.8 Å². The van der Waals surface area contributed by atoms with Crippen LogP contribution in [-0.2, 0) is 57.7 Å². The molecular formula is C38H54O7P+. The summed E-state index contributed by atoms with van der Waals surface area (Å²) in [6.45, 7) is 23.7. The Kier molecular flexibility index (Phi) is 12.9. The largest absolute Gasteiger partial charge is 0.698 e. The first-order valence-electron chi connectivity index (χ1n) is 15.8. The molecular weight excluding hydrogens is 599 g/mol. The highest BCUT2D eigenvalue weighted by molar-refractivity contribution is 7.33. The fraction of sp³-hybridized carbons (Fsp3) is 0.526. The average molecular weight is 654 g/mol. The Balaban J connectivity index is 1.91. The quantitative estimate of drug-likeness (QED) is 0.174. The summed E-state index contributed by atoms with van der Waals surface area (Å²) in [5.74, 6) is -0.169. The van der Waals surface area contributed by atoms with E-state index in [4.69, 9.17) is 9.05 Å². The lowest BCUT2D eigenvalue weighted by atomic mass is 9.78. The molecule has 0 aliphatic heterocycles. The highest BCUT2D eigenvalue weighted by Gasteiger charge is 2.28. The van der Waals surface area contributed by atoms with Gasteiger partial charge in [0.25, 0.3) is 0 Å². The van der Waals surface area contributed by atoms with Crippen LogP contribution >= 0.6 is 8.25 Å². The molecule has 0 heterocycles. The van der Waals surface area contributed by atoms with E-state index < -0.39 is 21.5 Å². The van der Waals surface area contributed by atoms with Gasteiger partial charge in [-0.25, -0.2) is 0 Å². The molecule has 0 fully saturated rings. The minimum absolute atomic E-state index is 0.255. The summed E-state index contributed by atoms with van der Waals surface area (Å²) in [6, 6.07) is 7.85. The Morgan fingerprint density at radius 2 is 0.848 bits per heavy atom. The Morgan fingerprint density at radius 1 is 0.587 bits per heavy atom. The van der Waals surface area contributed by atoms with Crippen LogP contribution in [0.3, 0.4) is 0 Å². The SMILES string of the molecule is CC(C)(C)c1cc(CC=CC(=O)CO[P+](=O)OCC(=O)C=CCc2cc(C(C)(C)C)c(O)c(C(C)(C)C)c2)cc(C(C)(C)C)c1O. The van der Waals surface area contributed by atoms with Gasteiger partial charge in [-0.1, -0.05) is 120 Å². The molecule has 252 valence electrons. The van der Waals surface area contributed by atoms with Gasteiger partial charge in [0.05, 0.1) is 0 Å². The number of benzene rings is 2. The fourth-order valence-electron chi connectivity index (χ4n) is 4.93. The van der Waals surface area contributed by atoms with Crippen molar-refractivity contribution in [3.63, 3.8) is 0 Å². The maximum absolute atomic E-state index is 12.3. The normalized spacial score (nSPS) is 13.5. The van der Waals surface area contributed by atoms with Gasteiger partial charge in [-0.05, 0) is 80.0 Å². The number of carbonyl (C=O) groups excluding carboxylic acids is 2. The molecule has 0 aliphatic carbocycles. The van der Waals surface area contributed by atoms with Crippen molar-refractivity contribution in [2.24, 2.45) is 0 Å². The number of aromatic hydroxyl groups is 2. The van der Waals surface area contributed by atoms with E-state index in [0.29, 0.717) is 24.3 Å². The van der Waals surface area contributed by atoms with Gasteiger partial charge < -0.3 is 10.2 Å². The third kappa shape index (κ3) is 11.6. The van der Waals surface area contributed by atoms with Gasteiger partial charge in [0.1, 0.15) is 11.5 Å². The van der Waals surface area contributed by atoms with Gasteiger partial charge in [-0.3, -0.25) is 9.59 Å². The van der Waals surface area contributed by atoms with Crippen LogP contribution in [0.25, 0.3) is 0 Å². The summed E-state index contributed by atoms with van der Waals surface area (Å²) in [5, 5.41) is 21.8. The number of phenols is 2. The van der Waals surface area contributed by atoms with E-state index in [9.17, 15) is 24.4 Å². The molecule has 8 heteroatoms. The molecule has 2 aromatic rings. The molecule has 0 spiro atoms. The summed E-state index contributed by atoms with van der Waals surface area (Å²) in [7, 11) is -2.66. The first-order chi connectivity index (χ1) is 20.9. The molecule has 0 amide bonds. The van der Waals surface area contributed by atoms with E-state index in [0.717, 1.165) is 33.4 Å². The van der Waals surface area contributed by atoms with Gasteiger partial charge in [0.15, 0.2) is 24.8 Å². The fourth-order valence-corrected chi connectivity index (χ4v) is 5.47. The zero-order valence-corrected chi connectivity index (χ0v) is 30.7. The highest BCUT2D eigenvalue weighted by Crippen LogP contribution is 2.41. The van der Waals surface area contributed by atoms with Crippen molar-refractivity contribution in [3.05, 3.63) is 82.0 Å². The second kappa shape index (κ2) is 15.2. The third-order valence-corrected chi connectivity index (χ3v) is 8.19. The maximum atomic E-state index is 12.3. The Morgan fingerprint density at radius 3 is 1.09 bits per heavy atom. The molecule has 46 heavy (non-hydrogen) atoms. The number of hydrogen-bond acceptors (Lipinski definition) is 7. The maximum Gasteiger partial charge on any atom is 0.698 e. The molecule has 0 atom stereocenters. The predicted molar refractivity (Wildman–Crippen MR) is 186 cm³/mol. The molecule has 2 N–H and O–H groups in total. The van der Waals surface area contributed by atoms with E-state index >= 15 is 0 Å². The first kappa shape index (κ1) is 39.1. The molecule has 7 nitrogen and oxygen atoms in total. The highest BCUT2D eigenvalue weighted by atomic mass is 31.1. The number of hydrogen-bond donors (Lipinski definition) is 2. The summed E-state index contributed by atoms with van der Waals surface area (Å²) in [4.78, 5) is 24.6. The van der Waals surface area contributed by atoms with Gasteiger partial charge in [-0.15, -0.1) is 9.05 Å². The first-order valence-corrected chi connectivity index (χ1v) is 16.9. The lowest BCUT2D eigenvalue weighted by Crippen LogP contribution is -2.17. The zero-order valence-electron chi connectivity index (χ0n) is 29.8. The molecule has 2 rings (SSSR count). The molecule has 0 bridgehead atoms. The van der Waals surface area contributed by atoms with Gasteiger partial charge >= 0.3 is 8.25 Å². The summed E-state index contributed by atoms with van der Waals surface area (Å²) >= 11 is 0. The minimum Gasteiger partial charge on any atom is -0.507 e. The summed E-state index contributed by atoms with van der Waals surface area (Å²) < 4.78 is 22.2. The van der Waals surface area contributed by atoms with E-state index in [2.05, 4.69) is 0 Å². The van der Waals surface area contributed by atoms with Crippen LogP contribution in [0.4, 0.5) is 0 Å². The molecule has 0 aliphatic rings. The molecule has 2 aromatic carbocycles. The van der Waals surface area contributed by atoms with Crippen LogP contribution in [0.5, 0.6) is 11.5 Å². The Labute approximate surface area is 277 Å². The lowest BCUT2D eigenvalue weighted by molar-refractivity contribution is -0.116. The van der Waals surface area contributed by atoms with Crippen LogP contribution in [0.1, 0.15) is 116 Å². The van der Waals surface area contributed by atoms with Crippen molar-refractivity contribution in [1.82, 2.24) is 0 Å². The minimum atomic E-state index is -2.66. The summed E-state index contributed by atoms with van der Waals surface area (Å²) in [6.07, 6.45) is 7.11. The van der Waals surface area contributed by atoms with Gasteiger partial charge in [-0.2, -0.15) is 0 Å². The number of rotatable bonds is 12. The number of phenolic OH excluding ortho intramolecular Hbond substituents is 2. The second-order valence-electron chi connectivity index (χ2n) is 16.0. The Bertz CT molecular complexity index is 1310. The van der Waals surface area contributed by atoms with E-state index in [1.54, 1.807) is 12.2 Å². The number of ketones is 2.